The molecule has 0 aromatic heterocycles. The maximum absolute atomic E-state index is 12.5. The van der Waals surface area contributed by atoms with Crippen LogP contribution in [0.25, 0.3) is 0 Å². The van der Waals surface area contributed by atoms with Gasteiger partial charge in [0.05, 0.1) is 18.7 Å². The molecule has 0 saturated heterocycles. The molecule has 0 unspecified atom stereocenters. The van der Waals surface area contributed by atoms with Crippen molar-refractivity contribution in [2.24, 2.45) is 5.73 Å². The highest BCUT2D eigenvalue weighted by atomic mass is 19.3. The lowest BCUT2D eigenvalue weighted by Gasteiger charge is -2.22. The third-order valence-electron chi connectivity index (χ3n) is 2.46. The summed E-state index contributed by atoms with van der Waals surface area (Å²) < 4.78 is 30.3. The molecule has 0 heterocycles. The van der Waals surface area contributed by atoms with E-state index in [0.29, 0.717) is 12.4 Å². The van der Waals surface area contributed by atoms with Gasteiger partial charge in [0.25, 0.3) is 12.3 Å². The molecule has 2 N–H and O–H groups in total. The second-order valence-corrected chi connectivity index (χ2v) is 3.86. The van der Waals surface area contributed by atoms with Crippen molar-refractivity contribution in [3.05, 3.63) is 29.8 Å². The normalized spacial score (nSPS) is 10.6. The van der Waals surface area contributed by atoms with Crippen molar-refractivity contribution >= 4 is 5.91 Å². The van der Waals surface area contributed by atoms with E-state index in [1.54, 1.807) is 31.2 Å². The zero-order valence-corrected chi connectivity index (χ0v) is 10.8. The van der Waals surface area contributed by atoms with Crippen LogP contribution in [-0.2, 0) is 0 Å². The van der Waals surface area contributed by atoms with Gasteiger partial charge in [-0.15, -0.1) is 0 Å². The molecule has 6 heteroatoms. The maximum Gasteiger partial charge on any atom is 0.257 e. The van der Waals surface area contributed by atoms with E-state index < -0.39 is 18.9 Å². The maximum atomic E-state index is 12.5. The van der Waals surface area contributed by atoms with Crippen molar-refractivity contribution in [2.75, 3.05) is 26.2 Å². The Morgan fingerprint density at radius 1 is 1.42 bits per heavy atom. The summed E-state index contributed by atoms with van der Waals surface area (Å²) in [5.41, 5.74) is 5.62. The summed E-state index contributed by atoms with van der Waals surface area (Å²) in [4.78, 5) is 13.3. The first-order chi connectivity index (χ1) is 9.10. The molecule has 0 aliphatic carbocycles. The lowest BCUT2D eigenvalue weighted by Crippen LogP contribution is -2.38. The fourth-order valence-electron chi connectivity index (χ4n) is 1.69. The molecule has 106 valence electrons. The highest BCUT2D eigenvalue weighted by molar-refractivity contribution is 5.97. The van der Waals surface area contributed by atoms with Gasteiger partial charge in [-0.3, -0.25) is 4.79 Å². The van der Waals surface area contributed by atoms with Crippen LogP contribution < -0.4 is 10.5 Å². The highest BCUT2D eigenvalue weighted by Gasteiger charge is 2.21. The molecular formula is C13H18F2N2O2. The van der Waals surface area contributed by atoms with Gasteiger partial charge >= 0.3 is 0 Å². The SMILES string of the molecule is CCOc1ccccc1C(=O)N(CCN)CC(F)F. The average Bonchev–Trinajstić information content (AvgIpc) is 2.38. The standard InChI is InChI=1S/C13H18F2N2O2/c1-2-19-11-6-4-3-5-10(11)13(18)17(8-7-16)9-12(14)15/h3-6,12H,2,7-9,16H2,1H3. The molecule has 1 amide bonds. The minimum Gasteiger partial charge on any atom is -0.493 e. The Morgan fingerprint density at radius 3 is 2.68 bits per heavy atom. The van der Waals surface area contributed by atoms with Crippen LogP contribution in [0.4, 0.5) is 8.78 Å². The predicted molar refractivity (Wildman–Crippen MR) is 68.6 cm³/mol. The van der Waals surface area contributed by atoms with Crippen molar-refractivity contribution in [3.8, 4) is 5.75 Å². The second-order valence-electron chi connectivity index (χ2n) is 3.86. The number of carbonyl (C=O) groups is 1. The molecule has 0 aliphatic heterocycles. The van der Waals surface area contributed by atoms with E-state index in [0.717, 1.165) is 4.90 Å². The van der Waals surface area contributed by atoms with Crippen LogP contribution in [0.3, 0.4) is 0 Å². The molecule has 1 aromatic rings. The van der Waals surface area contributed by atoms with Gasteiger partial charge in [-0.05, 0) is 19.1 Å². The highest BCUT2D eigenvalue weighted by Crippen LogP contribution is 2.20. The summed E-state index contributed by atoms with van der Waals surface area (Å²) in [6.07, 6.45) is -2.59. The summed E-state index contributed by atoms with van der Waals surface area (Å²) in [5.74, 6) is -0.0962. The van der Waals surface area contributed by atoms with Crippen LogP contribution in [0.5, 0.6) is 5.75 Å². The zero-order valence-electron chi connectivity index (χ0n) is 10.8. The smallest absolute Gasteiger partial charge is 0.257 e. The van der Waals surface area contributed by atoms with Gasteiger partial charge in [-0.2, -0.15) is 0 Å². The third-order valence-corrected chi connectivity index (χ3v) is 2.46. The summed E-state index contributed by atoms with van der Waals surface area (Å²) in [6.45, 7) is 1.78. The van der Waals surface area contributed by atoms with Crippen LogP contribution in [0, 0.1) is 0 Å². The summed E-state index contributed by atoms with van der Waals surface area (Å²) in [5, 5.41) is 0. The molecule has 0 spiro atoms. The number of para-hydroxylation sites is 1. The number of carbonyl (C=O) groups excluding carboxylic acids is 1. The average molecular weight is 272 g/mol. The fourth-order valence-corrected chi connectivity index (χ4v) is 1.69. The Kier molecular flexibility index (Phi) is 6.21. The van der Waals surface area contributed by atoms with Gasteiger partial charge in [0.15, 0.2) is 0 Å². The van der Waals surface area contributed by atoms with E-state index >= 15 is 0 Å². The lowest BCUT2D eigenvalue weighted by molar-refractivity contribution is 0.0559. The van der Waals surface area contributed by atoms with Crippen molar-refractivity contribution in [1.29, 1.82) is 0 Å². The lowest BCUT2D eigenvalue weighted by atomic mass is 10.1. The predicted octanol–water partition coefficient (Wildman–Crippen LogP) is 1.75. The number of amides is 1. The number of benzene rings is 1. The second kappa shape index (κ2) is 7.68. The topological polar surface area (TPSA) is 55.6 Å². The minimum atomic E-state index is -2.59. The number of ether oxygens (including phenoxy) is 1. The van der Waals surface area contributed by atoms with Crippen LogP contribution in [0.2, 0.25) is 0 Å². The molecule has 1 rings (SSSR count). The molecule has 0 bridgehead atoms. The molecule has 0 saturated carbocycles. The number of nitrogens with zero attached hydrogens (tertiary/aromatic N) is 1. The van der Waals surface area contributed by atoms with Crippen LogP contribution in [0.1, 0.15) is 17.3 Å². The molecule has 0 fully saturated rings. The van der Waals surface area contributed by atoms with Gasteiger partial charge in [0.2, 0.25) is 0 Å². The first-order valence-corrected chi connectivity index (χ1v) is 6.09. The third kappa shape index (κ3) is 4.48. The molecule has 19 heavy (non-hydrogen) atoms. The Labute approximate surface area is 111 Å². The number of alkyl halides is 2. The first-order valence-electron chi connectivity index (χ1n) is 6.09. The number of halogens is 2. The minimum absolute atomic E-state index is 0.0869. The number of rotatable bonds is 7. The van der Waals surface area contributed by atoms with Gasteiger partial charge < -0.3 is 15.4 Å². The largest absolute Gasteiger partial charge is 0.493 e. The van der Waals surface area contributed by atoms with E-state index in [1.807, 2.05) is 0 Å². The molecular weight excluding hydrogens is 254 g/mol. The van der Waals surface area contributed by atoms with E-state index in [9.17, 15) is 13.6 Å². The van der Waals surface area contributed by atoms with Gasteiger partial charge in [0.1, 0.15) is 5.75 Å². The van der Waals surface area contributed by atoms with Gasteiger partial charge in [-0.1, -0.05) is 12.1 Å². The summed E-state index contributed by atoms with van der Waals surface area (Å²) >= 11 is 0. The van der Waals surface area contributed by atoms with Crippen molar-refractivity contribution in [3.63, 3.8) is 0 Å². The van der Waals surface area contributed by atoms with Crippen molar-refractivity contribution in [2.45, 2.75) is 13.3 Å². The zero-order chi connectivity index (χ0) is 14.3. The van der Waals surface area contributed by atoms with Crippen molar-refractivity contribution < 1.29 is 18.3 Å². The Balaban J connectivity index is 2.95. The Morgan fingerprint density at radius 2 is 2.11 bits per heavy atom. The van der Waals surface area contributed by atoms with Gasteiger partial charge in [0, 0.05) is 13.1 Å². The van der Waals surface area contributed by atoms with Crippen molar-refractivity contribution in [1.82, 2.24) is 4.90 Å². The molecule has 1 aromatic carbocycles. The van der Waals surface area contributed by atoms with E-state index in [4.69, 9.17) is 10.5 Å². The molecule has 0 aliphatic rings. The monoisotopic (exact) mass is 272 g/mol. The molecule has 4 nitrogen and oxygen atoms in total. The number of hydrogen-bond donors (Lipinski definition) is 1. The molecule has 0 atom stereocenters. The fraction of sp³-hybridized carbons (Fsp3) is 0.462. The number of hydrogen-bond acceptors (Lipinski definition) is 3. The Hall–Kier alpha value is -1.69. The van der Waals surface area contributed by atoms with E-state index in [2.05, 4.69) is 0 Å². The van der Waals surface area contributed by atoms with E-state index in [1.165, 1.54) is 0 Å². The molecule has 0 radical (unpaired) electrons. The summed E-state index contributed by atoms with van der Waals surface area (Å²) in [7, 11) is 0. The van der Waals surface area contributed by atoms with Crippen LogP contribution in [-0.4, -0.2) is 43.5 Å². The first kappa shape index (κ1) is 15.4. The number of nitrogens with two attached hydrogens (primary N) is 1. The quantitative estimate of drug-likeness (QED) is 0.822. The van der Waals surface area contributed by atoms with Gasteiger partial charge in [-0.25, -0.2) is 8.78 Å². The summed E-state index contributed by atoms with van der Waals surface area (Å²) in [6, 6.07) is 6.59. The van der Waals surface area contributed by atoms with Crippen LogP contribution >= 0.6 is 0 Å². The van der Waals surface area contributed by atoms with E-state index in [-0.39, 0.29) is 18.7 Å². The van der Waals surface area contributed by atoms with Crippen LogP contribution in [0.15, 0.2) is 24.3 Å². The Bertz CT molecular complexity index is 413.